The first-order valence-electron chi connectivity index (χ1n) is 3.99. The van der Waals surface area contributed by atoms with Crippen LogP contribution in [0.15, 0.2) is 34.3 Å². The van der Waals surface area contributed by atoms with Crippen molar-refractivity contribution in [1.29, 1.82) is 0 Å². The molecular weight excluding hydrogens is 267 g/mol. The predicted molar refractivity (Wildman–Crippen MR) is 61.2 cm³/mol. The van der Waals surface area contributed by atoms with Gasteiger partial charge in [0.1, 0.15) is 18.1 Å². The zero-order chi connectivity index (χ0) is 10.4. The summed E-state index contributed by atoms with van der Waals surface area (Å²) in [5.41, 5.74) is 1.43. The Morgan fingerprint density at radius 1 is 1.50 bits per heavy atom. The third kappa shape index (κ3) is 3.24. The molecule has 0 N–H and O–H groups in total. The minimum absolute atomic E-state index is 0.453. The van der Waals surface area contributed by atoms with Gasteiger partial charge in [-0.05, 0) is 40.2 Å². The van der Waals surface area contributed by atoms with E-state index in [1.54, 1.807) is 13.2 Å². The van der Waals surface area contributed by atoms with Crippen molar-refractivity contribution >= 4 is 27.5 Å². The average Bonchev–Trinajstić information content (AvgIpc) is 2.20. The van der Waals surface area contributed by atoms with Crippen molar-refractivity contribution in [3.05, 3.63) is 34.3 Å². The quantitative estimate of drug-likeness (QED) is 0.837. The Morgan fingerprint density at radius 3 is 2.86 bits per heavy atom. The molecule has 1 aromatic carbocycles. The number of methoxy groups -OCH3 is 1. The largest absolute Gasteiger partial charge is 0.497 e. The van der Waals surface area contributed by atoms with Crippen LogP contribution >= 0.6 is 27.5 Å². The summed E-state index contributed by atoms with van der Waals surface area (Å²) in [6.45, 7) is 0.453. The highest BCUT2D eigenvalue weighted by atomic mass is 79.9. The van der Waals surface area contributed by atoms with Gasteiger partial charge >= 0.3 is 0 Å². The zero-order valence-electron chi connectivity index (χ0n) is 7.67. The smallest absolute Gasteiger partial charge is 0.134 e. The first-order chi connectivity index (χ1) is 6.77. The maximum atomic E-state index is 5.40. The maximum Gasteiger partial charge on any atom is 0.134 e. The van der Waals surface area contributed by atoms with Crippen molar-refractivity contribution in [1.82, 2.24) is 0 Å². The lowest BCUT2D eigenvalue weighted by Gasteiger charge is -2.07. The normalized spacial score (nSPS) is 10.5. The minimum atomic E-state index is 0.453. The van der Waals surface area contributed by atoms with Crippen molar-refractivity contribution in [3.63, 3.8) is 0 Å². The van der Waals surface area contributed by atoms with E-state index in [-0.39, 0.29) is 0 Å². The van der Waals surface area contributed by atoms with Crippen LogP contribution < -0.4 is 9.47 Å². The van der Waals surface area contributed by atoms with Crippen LogP contribution in [0.3, 0.4) is 0 Å². The number of rotatable bonds is 4. The third-order valence-corrected chi connectivity index (χ3v) is 2.36. The number of ether oxygens (including phenoxy) is 2. The van der Waals surface area contributed by atoms with E-state index >= 15 is 0 Å². The van der Waals surface area contributed by atoms with Gasteiger partial charge in [-0.1, -0.05) is 11.6 Å². The van der Waals surface area contributed by atoms with Gasteiger partial charge in [-0.15, -0.1) is 0 Å². The van der Waals surface area contributed by atoms with E-state index in [2.05, 4.69) is 15.9 Å². The highest BCUT2D eigenvalue weighted by molar-refractivity contribution is 9.10. The van der Waals surface area contributed by atoms with Gasteiger partial charge in [0, 0.05) is 5.54 Å². The van der Waals surface area contributed by atoms with Crippen LogP contribution in [0.25, 0.3) is 0 Å². The molecule has 0 unspecified atom stereocenters. The van der Waals surface area contributed by atoms with Crippen LogP contribution in [0.5, 0.6) is 11.5 Å². The van der Waals surface area contributed by atoms with Gasteiger partial charge < -0.3 is 9.47 Å². The standard InChI is InChI=1S/C10H10BrClO2/c1-13-8-3-4-10(9(11)7-8)14-6-2-5-12/h2-5,7H,6H2,1H3/b5-2+. The Bertz CT molecular complexity index is 326. The Morgan fingerprint density at radius 2 is 2.29 bits per heavy atom. The van der Waals surface area contributed by atoms with Crippen molar-refractivity contribution < 1.29 is 9.47 Å². The monoisotopic (exact) mass is 276 g/mol. The fraction of sp³-hybridized carbons (Fsp3) is 0.200. The molecule has 0 amide bonds. The van der Waals surface area contributed by atoms with Crippen LogP contribution in [0.2, 0.25) is 0 Å². The summed E-state index contributed by atoms with van der Waals surface area (Å²) in [5, 5.41) is 0. The van der Waals surface area contributed by atoms with E-state index in [9.17, 15) is 0 Å². The number of hydrogen-bond acceptors (Lipinski definition) is 2. The van der Waals surface area contributed by atoms with Crippen molar-refractivity contribution in [2.45, 2.75) is 0 Å². The Labute approximate surface area is 96.6 Å². The molecule has 0 aliphatic rings. The van der Waals surface area contributed by atoms with Gasteiger partial charge in [-0.25, -0.2) is 0 Å². The molecule has 76 valence electrons. The predicted octanol–water partition coefficient (Wildman–Crippen LogP) is 3.59. The van der Waals surface area contributed by atoms with Gasteiger partial charge in [0.05, 0.1) is 11.6 Å². The molecule has 4 heteroatoms. The first kappa shape index (κ1) is 11.4. The van der Waals surface area contributed by atoms with Crippen molar-refractivity contribution in [3.8, 4) is 11.5 Å². The average molecular weight is 278 g/mol. The zero-order valence-corrected chi connectivity index (χ0v) is 10.0. The van der Waals surface area contributed by atoms with Crippen molar-refractivity contribution in [2.24, 2.45) is 0 Å². The van der Waals surface area contributed by atoms with Crippen LogP contribution in [-0.4, -0.2) is 13.7 Å². The number of hydrogen-bond donors (Lipinski definition) is 0. The summed E-state index contributed by atoms with van der Waals surface area (Å²) in [7, 11) is 1.62. The van der Waals surface area contributed by atoms with Gasteiger partial charge in [0.15, 0.2) is 0 Å². The molecule has 0 aliphatic carbocycles. The SMILES string of the molecule is COc1ccc(OC/C=C/Cl)c(Br)c1. The van der Waals surface area contributed by atoms with Crippen LogP contribution in [-0.2, 0) is 0 Å². The maximum absolute atomic E-state index is 5.40. The fourth-order valence-corrected chi connectivity index (χ4v) is 1.44. The third-order valence-electron chi connectivity index (χ3n) is 1.56. The van der Waals surface area contributed by atoms with E-state index in [1.165, 1.54) is 5.54 Å². The molecule has 0 aromatic heterocycles. The number of benzene rings is 1. The molecular formula is C10H10BrClO2. The van der Waals surface area contributed by atoms with E-state index in [1.807, 2.05) is 18.2 Å². The molecule has 1 aromatic rings. The highest BCUT2D eigenvalue weighted by Crippen LogP contribution is 2.28. The minimum Gasteiger partial charge on any atom is -0.497 e. The van der Waals surface area contributed by atoms with Crippen LogP contribution in [0, 0.1) is 0 Å². The van der Waals surface area contributed by atoms with Crippen LogP contribution in [0.1, 0.15) is 0 Å². The molecule has 0 spiro atoms. The summed E-state index contributed by atoms with van der Waals surface area (Å²) in [6.07, 6.45) is 1.72. The molecule has 0 saturated heterocycles. The molecule has 0 aliphatic heterocycles. The Kier molecular flexibility index (Phi) is 4.84. The summed E-state index contributed by atoms with van der Waals surface area (Å²) in [4.78, 5) is 0. The Balaban J connectivity index is 2.68. The Hall–Kier alpha value is -0.670. The van der Waals surface area contributed by atoms with Gasteiger partial charge in [0.25, 0.3) is 0 Å². The lowest BCUT2D eigenvalue weighted by Crippen LogP contribution is -1.94. The number of halogens is 2. The topological polar surface area (TPSA) is 18.5 Å². The lowest BCUT2D eigenvalue weighted by atomic mass is 10.3. The van der Waals surface area contributed by atoms with Gasteiger partial charge in [0.2, 0.25) is 0 Å². The van der Waals surface area contributed by atoms with Crippen molar-refractivity contribution in [2.75, 3.05) is 13.7 Å². The molecule has 0 fully saturated rings. The molecule has 0 bridgehead atoms. The second-order valence-electron chi connectivity index (χ2n) is 2.47. The second kappa shape index (κ2) is 5.94. The van der Waals surface area contributed by atoms with Gasteiger partial charge in [-0.2, -0.15) is 0 Å². The molecule has 0 saturated carbocycles. The summed E-state index contributed by atoms with van der Waals surface area (Å²) in [5.74, 6) is 1.55. The summed E-state index contributed by atoms with van der Waals surface area (Å²) < 4.78 is 11.3. The fourth-order valence-electron chi connectivity index (χ4n) is 0.900. The molecule has 14 heavy (non-hydrogen) atoms. The van der Waals surface area contributed by atoms with E-state index in [0.29, 0.717) is 6.61 Å². The van der Waals surface area contributed by atoms with Crippen LogP contribution in [0.4, 0.5) is 0 Å². The lowest BCUT2D eigenvalue weighted by molar-refractivity contribution is 0.358. The second-order valence-corrected chi connectivity index (χ2v) is 3.58. The molecule has 0 heterocycles. The van der Waals surface area contributed by atoms with Gasteiger partial charge in [-0.3, -0.25) is 0 Å². The molecule has 1 rings (SSSR count). The van der Waals surface area contributed by atoms with E-state index < -0.39 is 0 Å². The van der Waals surface area contributed by atoms with E-state index in [0.717, 1.165) is 16.0 Å². The molecule has 2 nitrogen and oxygen atoms in total. The summed E-state index contributed by atoms with van der Waals surface area (Å²) in [6, 6.07) is 5.52. The molecule has 0 radical (unpaired) electrons. The summed E-state index contributed by atoms with van der Waals surface area (Å²) >= 11 is 8.74. The highest BCUT2D eigenvalue weighted by Gasteiger charge is 2.01. The first-order valence-corrected chi connectivity index (χ1v) is 5.22. The van der Waals surface area contributed by atoms with E-state index in [4.69, 9.17) is 21.1 Å². The molecule has 0 atom stereocenters.